The van der Waals surface area contributed by atoms with E-state index in [9.17, 15) is 4.79 Å². The lowest BCUT2D eigenvalue weighted by Crippen LogP contribution is -2.36. The molecule has 0 bridgehead atoms. The number of ether oxygens (including phenoxy) is 3. The molecule has 0 atom stereocenters. The van der Waals surface area contributed by atoms with Crippen LogP contribution in [0, 0.1) is 0 Å². The van der Waals surface area contributed by atoms with E-state index >= 15 is 0 Å². The van der Waals surface area contributed by atoms with Crippen LogP contribution in [-0.4, -0.2) is 43.7 Å². The molecule has 1 N–H and O–H groups in total. The Morgan fingerprint density at radius 1 is 1.04 bits per heavy atom. The summed E-state index contributed by atoms with van der Waals surface area (Å²) >= 11 is 0. The molecule has 6 heteroatoms. The van der Waals surface area contributed by atoms with Crippen LogP contribution in [-0.2, 0) is 13.0 Å². The van der Waals surface area contributed by atoms with E-state index < -0.39 is 0 Å². The topological polar surface area (TPSA) is 63.8 Å². The maximum atomic E-state index is 13.3. The molecule has 3 aromatic rings. The van der Waals surface area contributed by atoms with Gasteiger partial charge in [0, 0.05) is 41.7 Å². The number of benzene rings is 2. The van der Waals surface area contributed by atoms with Gasteiger partial charge in [-0.2, -0.15) is 0 Å². The van der Waals surface area contributed by atoms with Crippen LogP contribution in [0.5, 0.6) is 17.2 Å². The van der Waals surface area contributed by atoms with E-state index in [-0.39, 0.29) is 5.91 Å². The zero-order chi connectivity index (χ0) is 19.0. The summed E-state index contributed by atoms with van der Waals surface area (Å²) < 4.78 is 16.2. The SMILES string of the molecule is COc1ccc2[nH]c3c(c2c1)CN(C(=O)c1c(OC)cccc1OC)CC3. The fourth-order valence-electron chi connectivity index (χ4n) is 3.71. The second-order valence-electron chi connectivity index (χ2n) is 6.51. The number of fused-ring (bicyclic) bond motifs is 3. The van der Waals surface area contributed by atoms with Gasteiger partial charge in [0.05, 0.1) is 21.3 Å². The number of aromatic nitrogens is 1. The van der Waals surface area contributed by atoms with Crippen molar-refractivity contribution in [1.29, 1.82) is 0 Å². The van der Waals surface area contributed by atoms with Crippen molar-refractivity contribution in [2.75, 3.05) is 27.9 Å². The van der Waals surface area contributed by atoms with E-state index in [4.69, 9.17) is 14.2 Å². The minimum absolute atomic E-state index is 0.0906. The Bertz CT molecular complexity index is 987. The maximum Gasteiger partial charge on any atom is 0.261 e. The van der Waals surface area contributed by atoms with Crippen molar-refractivity contribution in [3.05, 3.63) is 53.2 Å². The molecule has 1 amide bonds. The summed E-state index contributed by atoms with van der Waals surface area (Å²) in [6.45, 7) is 1.17. The smallest absolute Gasteiger partial charge is 0.261 e. The predicted molar refractivity (Wildman–Crippen MR) is 103 cm³/mol. The fraction of sp³-hybridized carbons (Fsp3) is 0.286. The lowest BCUT2D eigenvalue weighted by atomic mass is 10.0. The second kappa shape index (κ2) is 6.87. The summed E-state index contributed by atoms with van der Waals surface area (Å²) in [7, 11) is 4.78. The molecule has 1 aromatic heterocycles. The van der Waals surface area contributed by atoms with Crippen LogP contribution in [0.4, 0.5) is 0 Å². The Hall–Kier alpha value is -3.15. The molecule has 1 aliphatic heterocycles. The molecule has 0 radical (unpaired) electrons. The molecule has 0 fully saturated rings. The molecule has 6 nitrogen and oxygen atoms in total. The summed E-state index contributed by atoms with van der Waals surface area (Å²) in [4.78, 5) is 18.6. The lowest BCUT2D eigenvalue weighted by Gasteiger charge is -2.28. The number of carbonyl (C=O) groups is 1. The number of methoxy groups -OCH3 is 3. The van der Waals surface area contributed by atoms with Gasteiger partial charge in [0.15, 0.2) is 0 Å². The van der Waals surface area contributed by atoms with Crippen molar-refractivity contribution >= 4 is 16.8 Å². The monoisotopic (exact) mass is 366 g/mol. The Kier molecular flexibility index (Phi) is 4.39. The molecule has 0 aliphatic carbocycles. The molecule has 140 valence electrons. The average Bonchev–Trinajstić information content (AvgIpc) is 3.09. The standard InChI is InChI=1S/C21H22N2O4/c1-25-13-7-8-16-14(11-13)15-12-23(10-9-17(15)22-16)21(24)20-18(26-2)5-4-6-19(20)27-3/h4-8,11,22H,9-10,12H2,1-3H3. The van der Waals surface area contributed by atoms with Gasteiger partial charge in [-0.15, -0.1) is 0 Å². The number of amides is 1. The minimum Gasteiger partial charge on any atom is -0.497 e. The van der Waals surface area contributed by atoms with E-state index in [1.807, 2.05) is 29.2 Å². The number of H-pyrrole nitrogens is 1. The molecule has 0 unspecified atom stereocenters. The Morgan fingerprint density at radius 2 is 1.78 bits per heavy atom. The first-order valence-electron chi connectivity index (χ1n) is 8.84. The van der Waals surface area contributed by atoms with Crippen molar-refractivity contribution in [1.82, 2.24) is 9.88 Å². The normalized spacial score (nSPS) is 13.4. The number of hydrogen-bond donors (Lipinski definition) is 1. The van der Waals surface area contributed by atoms with Crippen molar-refractivity contribution in [3.8, 4) is 17.2 Å². The summed E-state index contributed by atoms with van der Waals surface area (Å²) in [5.41, 5.74) is 3.83. The van der Waals surface area contributed by atoms with Crippen molar-refractivity contribution in [3.63, 3.8) is 0 Å². The molecule has 0 spiro atoms. The highest BCUT2D eigenvalue weighted by molar-refractivity contribution is 6.00. The predicted octanol–water partition coefficient (Wildman–Crippen LogP) is 3.39. The summed E-state index contributed by atoms with van der Waals surface area (Å²) in [6.07, 6.45) is 0.773. The minimum atomic E-state index is -0.0906. The van der Waals surface area contributed by atoms with E-state index in [2.05, 4.69) is 4.98 Å². The Balaban J connectivity index is 1.72. The van der Waals surface area contributed by atoms with Crippen LogP contribution < -0.4 is 14.2 Å². The van der Waals surface area contributed by atoms with Crippen LogP contribution in [0.3, 0.4) is 0 Å². The lowest BCUT2D eigenvalue weighted by molar-refractivity contribution is 0.0728. The maximum absolute atomic E-state index is 13.3. The molecule has 27 heavy (non-hydrogen) atoms. The summed E-state index contributed by atoms with van der Waals surface area (Å²) in [5, 5.41) is 1.09. The summed E-state index contributed by atoms with van der Waals surface area (Å²) in [5.74, 6) is 1.75. The number of hydrogen-bond acceptors (Lipinski definition) is 4. The largest absolute Gasteiger partial charge is 0.497 e. The van der Waals surface area contributed by atoms with E-state index in [0.717, 1.165) is 28.6 Å². The van der Waals surface area contributed by atoms with E-state index in [1.165, 1.54) is 5.69 Å². The first-order valence-corrected chi connectivity index (χ1v) is 8.84. The number of nitrogens with one attached hydrogen (secondary N) is 1. The van der Waals surface area contributed by atoms with Crippen LogP contribution in [0.1, 0.15) is 21.6 Å². The van der Waals surface area contributed by atoms with Gasteiger partial charge >= 0.3 is 0 Å². The molecular formula is C21H22N2O4. The van der Waals surface area contributed by atoms with Gasteiger partial charge in [-0.05, 0) is 30.3 Å². The molecule has 0 saturated carbocycles. The molecule has 2 aromatic carbocycles. The number of aromatic amines is 1. The second-order valence-corrected chi connectivity index (χ2v) is 6.51. The highest BCUT2D eigenvalue weighted by Crippen LogP contribution is 2.34. The van der Waals surface area contributed by atoms with Crippen molar-refractivity contribution in [2.45, 2.75) is 13.0 Å². The van der Waals surface area contributed by atoms with Crippen LogP contribution in [0.2, 0.25) is 0 Å². The summed E-state index contributed by atoms with van der Waals surface area (Å²) in [6, 6.07) is 11.3. The van der Waals surface area contributed by atoms with Crippen molar-refractivity contribution < 1.29 is 19.0 Å². The number of rotatable bonds is 4. The third kappa shape index (κ3) is 2.87. The van der Waals surface area contributed by atoms with E-state index in [1.54, 1.807) is 33.5 Å². The Morgan fingerprint density at radius 3 is 2.44 bits per heavy atom. The fourth-order valence-corrected chi connectivity index (χ4v) is 3.71. The van der Waals surface area contributed by atoms with Gasteiger partial charge in [0.2, 0.25) is 0 Å². The molecule has 0 saturated heterocycles. The Labute approximate surface area is 157 Å². The number of carbonyl (C=O) groups excluding carboxylic acids is 1. The first-order chi connectivity index (χ1) is 13.2. The average molecular weight is 366 g/mol. The van der Waals surface area contributed by atoms with Gasteiger partial charge in [0.25, 0.3) is 5.91 Å². The van der Waals surface area contributed by atoms with E-state index in [0.29, 0.717) is 30.2 Å². The molecule has 2 heterocycles. The highest BCUT2D eigenvalue weighted by atomic mass is 16.5. The quantitative estimate of drug-likeness (QED) is 0.769. The zero-order valence-corrected chi connectivity index (χ0v) is 15.7. The van der Waals surface area contributed by atoms with Crippen LogP contribution >= 0.6 is 0 Å². The molecule has 1 aliphatic rings. The number of nitrogens with zero attached hydrogens (tertiary/aromatic N) is 1. The molecule has 4 rings (SSSR count). The van der Waals surface area contributed by atoms with Gasteiger partial charge in [-0.3, -0.25) is 4.79 Å². The third-order valence-electron chi connectivity index (χ3n) is 5.11. The van der Waals surface area contributed by atoms with Gasteiger partial charge in [-0.1, -0.05) is 6.07 Å². The first kappa shape index (κ1) is 17.3. The molecular weight excluding hydrogens is 344 g/mol. The third-order valence-corrected chi connectivity index (χ3v) is 5.11. The van der Waals surface area contributed by atoms with Gasteiger partial charge < -0.3 is 24.1 Å². The van der Waals surface area contributed by atoms with Gasteiger partial charge in [-0.25, -0.2) is 0 Å². The van der Waals surface area contributed by atoms with Gasteiger partial charge in [0.1, 0.15) is 22.8 Å². The van der Waals surface area contributed by atoms with Crippen LogP contribution in [0.25, 0.3) is 10.9 Å². The highest BCUT2D eigenvalue weighted by Gasteiger charge is 2.28. The van der Waals surface area contributed by atoms with Crippen molar-refractivity contribution in [2.24, 2.45) is 0 Å². The van der Waals surface area contributed by atoms with Crippen LogP contribution in [0.15, 0.2) is 36.4 Å². The zero-order valence-electron chi connectivity index (χ0n) is 15.7.